The number of aliphatic carboxylic acids is 1. The third-order valence-corrected chi connectivity index (χ3v) is 7.01. The summed E-state index contributed by atoms with van der Waals surface area (Å²) in [5, 5.41) is 10.1. The number of carboxylic acid groups (broad SMARTS) is 1. The molecule has 0 spiro atoms. The first-order chi connectivity index (χ1) is 15.0. The predicted molar refractivity (Wildman–Crippen MR) is 121 cm³/mol. The van der Waals surface area contributed by atoms with Crippen LogP contribution in [0.25, 0.3) is 11.1 Å². The van der Waals surface area contributed by atoms with Crippen molar-refractivity contribution >= 4 is 5.97 Å². The van der Waals surface area contributed by atoms with E-state index in [4.69, 9.17) is 0 Å². The van der Waals surface area contributed by atoms with Crippen molar-refractivity contribution < 1.29 is 18.7 Å². The van der Waals surface area contributed by atoms with E-state index >= 15 is 0 Å². The Bertz CT molecular complexity index is 852. The van der Waals surface area contributed by atoms with Gasteiger partial charge in [0.2, 0.25) is 0 Å². The van der Waals surface area contributed by atoms with E-state index < -0.39 is 17.2 Å². The molecule has 2 aromatic rings. The van der Waals surface area contributed by atoms with Crippen molar-refractivity contribution in [3.8, 4) is 11.1 Å². The average Bonchev–Trinajstić information content (AvgIpc) is 2.77. The zero-order chi connectivity index (χ0) is 22.3. The van der Waals surface area contributed by atoms with E-state index in [0.29, 0.717) is 35.4 Å². The molecule has 2 nitrogen and oxygen atoms in total. The Labute approximate surface area is 184 Å². The lowest BCUT2D eigenvalue weighted by molar-refractivity contribution is -0.145. The van der Waals surface area contributed by atoms with Crippen LogP contribution in [-0.4, -0.2) is 11.1 Å². The third-order valence-electron chi connectivity index (χ3n) is 7.01. The van der Waals surface area contributed by atoms with Crippen LogP contribution in [0, 0.1) is 17.6 Å². The molecule has 1 N–H and O–H groups in total. The topological polar surface area (TPSA) is 37.3 Å². The number of unbranched alkanes of at least 4 members (excludes halogenated alkanes) is 5. The monoisotopic (exact) mass is 428 g/mol. The molecular weight excluding hydrogens is 394 g/mol. The lowest BCUT2D eigenvalue weighted by atomic mass is 9.66. The number of carboxylic acids is 1. The largest absolute Gasteiger partial charge is 0.481 e. The van der Waals surface area contributed by atoms with E-state index in [-0.39, 0.29) is 5.82 Å². The number of hydrogen-bond donors (Lipinski definition) is 1. The summed E-state index contributed by atoms with van der Waals surface area (Å²) in [6.45, 7) is 2.22. The van der Waals surface area contributed by atoms with Crippen LogP contribution in [0.2, 0.25) is 0 Å². The van der Waals surface area contributed by atoms with E-state index in [9.17, 15) is 18.7 Å². The Morgan fingerprint density at radius 2 is 1.61 bits per heavy atom. The Morgan fingerprint density at radius 1 is 0.968 bits per heavy atom. The fraction of sp³-hybridized carbons (Fsp3) is 0.519. The van der Waals surface area contributed by atoms with Crippen LogP contribution in [-0.2, 0) is 10.2 Å². The van der Waals surface area contributed by atoms with E-state index in [1.807, 2.05) is 0 Å². The highest BCUT2D eigenvalue weighted by molar-refractivity contribution is 5.82. The maximum absolute atomic E-state index is 14.9. The SMILES string of the molecule is CCCCCCCCC1CCC(C(=O)O)(c2ccc(-c3ccc(F)cc3)c(F)c2)CC1. The summed E-state index contributed by atoms with van der Waals surface area (Å²) in [6.07, 6.45) is 11.7. The minimum Gasteiger partial charge on any atom is -0.481 e. The van der Waals surface area contributed by atoms with Crippen molar-refractivity contribution in [2.75, 3.05) is 0 Å². The van der Waals surface area contributed by atoms with Crippen LogP contribution in [0.3, 0.4) is 0 Å². The summed E-state index contributed by atoms with van der Waals surface area (Å²) in [6, 6.07) is 10.4. The van der Waals surface area contributed by atoms with Crippen LogP contribution in [0.15, 0.2) is 42.5 Å². The zero-order valence-electron chi connectivity index (χ0n) is 18.5. The average molecular weight is 429 g/mol. The van der Waals surface area contributed by atoms with Gasteiger partial charge in [0, 0.05) is 5.56 Å². The molecule has 0 aliphatic heterocycles. The molecule has 0 saturated heterocycles. The van der Waals surface area contributed by atoms with Gasteiger partial charge in [-0.15, -0.1) is 0 Å². The summed E-state index contributed by atoms with van der Waals surface area (Å²) < 4.78 is 28.1. The maximum atomic E-state index is 14.9. The van der Waals surface area contributed by atoms with Gasteiger partial charge in [0.1, 0.15) is 11.6 Å². The first-order valence-electron chi connectivity index (χ1n) is 11.8. The molecule has 0 bridgehead atoms. The first kappa shape index (κ1) is 23.4. The summed E-state index contributed by atoms with van der Waals surface area (Å²) in [4.78, 5) is 12.3. The number of halogens is 2. The van der Waals surface area contributed by atoms with Gasteiger partial charge in [-0.25, -0.2) is 8.78 Å². The first-order valence-corrected chi connectivity index (χ1v) is 11.8. The second kappa shape index (κ2) is 10.9. The van der Waals surface area contributed by atoms with E-state index in [2.05, 4.69) is 6.92 Å². The summed E-state index contributed by atoms with van der Waals surface area (Å²) in [5.74, 6) is -1.12. The minimum atomic E-state index is -1.01. The van der Waals surface area contributed by atoms with E-state index in [1.54, 1.807) is 12.1 Å². The van der Waals surface area contributed by atoms with Gasteiger partial charge in [-0.2, -0.15) is 0 Å². The molecule has 31 heavy (non-hydrogen) atoms. The van der Waals surface area contributed by atoms with Crippen LogP contribution < -0.4 is 0 Å². The van der Waals surface area contributed by atoms with Crippen molar-refractivity contribution in [1.82, 2.24) is 0 Å². The van der Waals surface area contributed by atoms with Crippen molar-refractivity contribution in [1.29, 1.82) is 0 Å². The zero-order valence-corrected chi connectivity index (χ0v) is 18.5. The Hall–Kier alpha value is -2.23. The van der Waals surface area contributed by atoms with Gasteiger partial charge in [-0.1, -0.05) is 76.1 Å². The molecule has 168 valence electrons. The highest BCUT2D eigenvalue weighted by atomic mass is 19.1. The van der Waals surface area contributed by atoms with Gasteiger partial charge in [-0.3, -0.25) is 4.79 Å². The fourth-order valence-electron chi connectivity index (χ4n) is 4.97. The lowest BCUT2D eigenvalue weighted by Crippen LogP contribution is -2.39. The molecule has 0 aromatic heterocycles. The highest BCUT2D eigenvalue weighted by Crippen LogP contribution is 2.44. The van der Waals surface area contributed by atoms with Gasteiger partial charge >= 0.3 is 5.97 Å². The molecule has 1 aliphatic carbocycles. The van der Waals surface area contributed by atoms with Crippen molar-refractivity contribution in [2.24, 2.45) is 5.92 Å². The Morgan fingerprint density at radius 3 is 2.23 bits per heavy atom. The van der Waals surface area contributed by atoms with Gasteiger partial charge in [0.25, 0.3) is 0 Å². The third kappa shape index (κ3) is 5.72. The molecule has 0 unspecified atom stereocenters. The second-order valence-corrected chi connectivity index (χ2v) is 9.09. The molecule has 4 heteroatoms. The predicted octanol–water partition coefficient (Wildman–Crippen LogP) is 7.90. The smallest absolute Gasteiger partial charge is 0.314 e. The number of benzene rings is 2. The molecule has 0 amide bonds. The molecule has 0 atom stereocenters. The number of carbonyl (C=O) groups is 1. The number of rotatable bonds is 10. The normalized spacial score (nSPS) is 21.2. The quantitative estimate of drug-likeness (QED) is 0.391. The number of hydrogen-bond acceptors (Lipinski definition) is 1. The maximum Gasteiger partial charge on any atom is 0.314 e. The molecule has 0 heterocycles. The molecular formula is C27H34F2O2. The molecule has 1 aliphatic rings. The Kier molecular flexibility index (Phi) is 8.22. The molecule has 2 aromatic carbocycles. The van der Waals surface area contributed by atoms with Crippen LogP contribution in [0.1, 0.15) is 83.1 Å². The minimum absolute atomic E-state index is 0.362. The van der Waals surface area contributed by atoms with Crippen molar-refractivity contribution in [3.05, 3.63) is 59.7 Å². The molecule has 1 fully saturated rings. The summed E-state index contributed by atoms with van der Waals surface area (Å²) in [7, 11) is 0. The molecule has 1 saturated carbocycles. The van der Waals surface area contributed by atoms with E-state index in [0.717, 1.165) is 12.8 Å². The molecule has 0 radical (unpaired) electrons. The van der Waals surface area contributed by atoms with Gasteiger partial charge in [-0.05, 0) is 60.9 Å². The standard InChI is InChI=1S/C27H34F2O2/c1-2-3-4-5-6-7-8-20-15-17-27(18-16-20,26(30)31)22-11-14-24(25(29)19-22)21-9-12-23(28)13-10-21/h9-14,19-20H,2-8,15-18H2,1H3,(H,30,31). The lowest BCUT2D eigenvalue weighted by Gasteiger charge is -2.37. The summed E-state index contributed by atoms with van der Waals surface area (Å²) in [5.41, 5.74) is 0.472. The fourth-order valence-corrected chi connectivity index (χ4v) is 4.97. The second-order valence-electron chi connectivity index (χ2n) is 9.09. The van der Waals surface area contributed by atoms with Crippen molar-refractivity contribution in [2.45, 2.75) is 83.0 Å². The van der Waals surface area contributed by atoms with Gasteiger partial charge in [0.05, 0.1) is 5.41 Å². The molecule has 3 rings (SSSR count). The van der Waals surface area contributed by atoms with Crippen LogP contribution >= 0.6 is 0 Å². The van der Waals surface area contributed by atoms with Gasteiger partial charge < -0.3 is 5.11 Å². The van der Waals surface area contributed by atoms with Crippen molar-refractivity contribution in [3.63, 3.8) is 0 Å². The van der Waals surface area contributed by atoms with Crippen LogP contribution in [0.4, 0.5) is 8.78 Å². The van der Waals surface area contributed by atoms with Crippen LogP contribution in [0.5, 0.6) is 0 Å². The van der Waals surface area contributed by atoms with Gasteiger partial charge in [0.15, 0.2) is 0 Å². The Balaban J connectivity index is 1.65. The summed E-state index contributed by atoms with van der Waals surface area (Å²) >= 11 is 0. The van der Waals surface area contributed by atoms with E-state index in [1.165, 1.54) is 75.3 Å². The highest BCUT2D eigenvalue weighted by Gasteiger charge is 2.43.